The van der Waals surface area contributed by atoms with Crippen LogP contribution in [-0.2, 0) is 19.6 Å². The molecule has 28 heavy (non-hydrogen) atoms. The summed E-state index contributed by atoms with van der Waals surface area (Å²) in [5.74, 6) is -0.490. The maximum Gasteiger partial charge on any atom is 0.264 e. The number of anilines is 1. The number of nitrogens with one attached hydrogen (secondary N) is 1. The first-order chi connectivity index (χ1) is 13.2. The third kappa shape index (κ3) is 5.38. The largest absolute Gasteiger partial charge is 0.383 e. The minimum absolute atomic E-state index is 0.0480. The van der Waals surface area contributed by atoms with Gasteiger partial charge in [0, 0.05) is 13.2 Å². The van der Waals surface area contributed by atoms with E-state index in [0.29, 0.717) is 6.61 Å². The number of amides is 1. The van der Waals surface area contributed by atoms with E-state index in [0.717, 1.165) is 9.87 Å². The Morgan fingerprint density at radius 1 is 1.18 bits per heavy atom. The molecule has 1 amide bonds. The van der Waals surface area contributed by atoms with E-state index in [1.807, 2.05) is 6.92 Å². The zero-order valence-corrected chi connectivity index (χ0v) is 18.1. The molecule has 0 spiro atoms. The first-order valence-electron chi connectivity index (χ1n) is 8.48. The molecule has 0 saturated carbocycles. The molecule has 1 atom stereocenters. The lowest BCUT2D eigenvalue weighted by molar-refractivity contribution is -0.120. The molecule has 0 aliphatic carbocycles. The van der Waals surface area contributed by atoms with E-state index in [1.54, 1.807) is 31.2 Å². The van der Waals surface area contributed by atoms with Crippen LogP contribution in [0.5, 0.6) is 0 Å². The second-order valence-electron chi connectivity index (χ2n) is 6.32. The highest BCUT2D eigenvalue weighted by Crippen LogP contribution is 2.35. The summed E-state index contributed by atoms with van der Waals surface area (Å²) in [7, 11) is -2.54. The van der Waals surface area contributed by atoms with Crippen LogP contribution in [0.25, 0.3) is 0 Å². The molecule has 152 valence electrons. The van der Waals surface area contributed by atoms with E-state index < -0.39 is 22.5 Å². The van der Waals surface area contributed by atoms with Crippen LogP contribution in [-0.4, -0.2) is 40.6 Å². The van der Waals surface area contributed by atoms with Gasteiger partial charge < -0.3 is 10.1 Å². The maximum absolute atomic E-state index is 13.3. The van der Waals surface area contributed by atoms with Gasteiger partial charge in [-0.1, -0.05) is 47.0 Å². The van der Waals surface area contributed by atoms with Crippen LogP contribution in [0.15, 0.2) is 47.4 Å². The van der Waals surface area contributed by atoms with Gasteiger partial charge in [0.05, 0.1) is 27.2 Å². The Morgan fingerprint density at radius 3 is 2.43 bits per heavy atom. The lowest BCUT2D eigenvalue weighted by Crippen LogP contribution is -2.44. The van der Waals surface area contributed by atoms with E-state index in [2.05, 4.69) is 5.32 Å². The minimum atomic E-state index is -4.06. The molecule has 0 saturated heterocycles. The topological polar surface area (TPSA) is 75.7 Å². The van der Waals surface area contributed by atoms with Crippen LogP contribution in [0.2, 0.25) is 10.0 Å². The second kappa shape index (κ2) is 9.60. The molecule has 0 aliphatic heterocycles. The summed E-state index contributed by atoms with van der Waals surface area (Å²) < 4.78 is 32.5. The highest BCUT2D eigenvalue weighted by molar-refractivity contribution is 7.92. The number of aryl methyl sites for hydroxylation is 1. The first kappa shape index (κ1) is 22.5. The standard InChI is InChI=1S/C19H22Cl2N2O4S/c1-13-7-9-15(10-8-13)28(25,26)23(11-18(24)22-14(2)12-27-3)17-6-4-5-16(20)19(17)21/h4-10,14H,11-12H2,1-3H3,(H,22,24)/t14-/m1/s1. The van der Waals surface area contributed by atoms with Gasteiger partial charge in [0.2, 0.25) is 5.91 Å². The number of nitrogens with zero attached hydrogens (tertiary/aromatic N) is 1. The average Bonchev–Trinajstić information content (AvgIpc) is 2.63. The molecule has 2 aromatic carbocycles. The molecule has 9 heteroatoms. The number of carbonyl (C=O) groups excluding carboxylic acids is 1. The van der Waals surface area contributed by atoms with Crippen LogP contribution in [0.4, 0.5) is 5.69 Å². The number of rotatable bonds is 8. The van der Waals surface area contributed by atoms with Crippen molar-refractivity contribution in [2.45, 2.75) is 24.8 Å². The third-order valence-corrected chi connectivity index (χ3v) is 6.50. The Kier molecular flexibility index (Phi) is 7.71. The van der Waals surface area contributed by atoms with Crippen molar-refractivity contribution in [1.29, 1.82) is 0 Å². The molecule has 2 rings (SSSR count). The number of ether oxygens (including phenoxy) is 1. The molecule has 0 aromatic heterocycles. The summed E-state index contributed by atoms with van der Waals surface area (Å²) in [4.78, 5) is 12.5. The van der Waals surface area contributed by atoms with Crippen LogP contribution >= 0.6 is 23.2 Å². The monoisotopic (exact) mass is 444 g/mol. The highest BCUT2D eigenvalue weighted by Gasteiger charge is 2.29. The van der Waals surface area contributed by atoms with Gasteiger partial charge in [-0.2, -0.15) is 0 Å². The summed E-state index contributed by atoms with van der Waals surface area (Å²) in [6, 6.07) is 10.7. The number of halogens is 2. The van der Waals surface area contributed by atoms with Gasteiger partial charge in [-0.05, 0) is 38.1 Å². The number of carbonyl (C=O) groups is 1. The number of methoxy groups -OCH3 is 1. The predicted molar refractivity (Wildman–Crippen MR) is 112 cm³/mol. The molecule has 0 bridgehead atoms. The van der Waals surface area contributed by atoms with Gasteiger partial charge in [-0.3, -0.25) is 9.10 Å². The third-order valence-electron chi connectivity index (χ3n) is 3.92. The lowest BCUT2D eigenvalue weighted by Gasteiger charge is -2.26. The van der Waals surface area contributed by atoms with E-state index in [4.69, 9.17) is 27.9 Å². The first-order valence-corrected chi connectivity index (χ1v) is 10.7. The Morgan fingerprint density at radius 2 is 1.82 bits per heavy atom. The fourth-order valence-electron chi connectivity index (χ4n) is 2.56. The zero-order chi connectivity index (χ0) is 20.9. The lowest BCUT2D eigenvalue weighted by atomic mass is 10.2. The van der Waals surface area contributed by atoms with Crippen molar-refractivity contribution < 1.29 is 17.9 Å². The molecule has 0 radical (unpaired) electrons. The Balaban J connectivity index is 2.45. The molecule has 6 nitrogen and oxygen atoms in total. The summed E-state index contributed by atoms with van der Waals surface area (Å²) in [5.41, 5.74) is 1.04. The second-order valence-corrected chi connectivity index (χ2v) is 8.97. The van der Waals surface area contributed by atoms with Crippen LogP contribution in [0.1, 0.15) is 12.5 Å². The maximum atomic E-state index is 13.3. The van der Waals surface area contributed by atoms with Gasteiger partial charge in [0.15, 0.2) is 0 Å². The molecule has 0 aliphatic rings. The fourth-order valence-corrected chi connectivity index (χ4v) is 4.45. The Hall–Kier alpha value is -1.80. The molecule has 2 aromatic rings. The van der Waals surface area contributed by atoms with Crippen molar-refractivity contribution in [3.05, 3.63) is 58.1 Å². The number of sulfonamides is 1. The Bertz CT molecular complexity index is 933. The predicted octanol–water partition coefficient (Wildman–Crippen LogP) is 3.65. The molecule has 0 unspecified atom stereocenters. The SMILES string of the molecule is COC[C@@H](C)NC(=O)CN(c1cccc(Cl)c1Cl)S(=O)(=O)c1ccc(C)cc1. The van der Waals surface area contributed by atoms with Crippen LogP contribution in [0, 0.1) is 6.92 Å². The van der Waals surface area contributed by atoms with Crippen molar-refractivity contribution in [2.75, 3.05) is 24.6 Å². The number of hydrogen-bond donors (Lipinski definition) is 1. The average molecular weight is 445 g/mol. The van der Waals surface area contributed by atoms with E-state index >= 15 is 0 Å². The summed E-state index contributed by atoms with van der Waals surface area (Å²) in [5, 5.41) is 2.95. The molecular weight excluding hydrogens is 423 g/mol. The summed E-state index contributed by atoms with van der Waals surface area (Å²) in [6.07, 6.45) is 0. The van der Waals surface area contributed by atoms with Crippen LogP contribution < -0.4 is 9.62 Å². The summed E-state index contributed by atoms with van der Waals surface area (Å²) >= 11 is 12.3. The Labute approximate surface area is 175 Å². The van der Waals surface area contributed by atoms with Gasteiger partial charge in [-0.15, -0.1) is 0 Å². The number of hydrogen-bond acceptors (Lipinski definition) is 4. The summed E-state index contributed by atoms with van der Waals surface area (Å²) in [6.45, 7) is 3.46. The van der Waals surface area contributed by atoms with Gasteiger partial charge in [-0.25, -0.2) is 8.42 Å². The molecule has 1 N–H and O–H groups in total. The minimum Gasteiger partial charge on any atom is -0.383 e. The molecular formula is C19H22Cl2N2O4S. The van der Waals surface area contributed by atoms with Crippen molar-refractivity contribution in [1.82, 2.24) is 5.32 Å². The zero-order valence-electron chi connectivity index (χ0n) is 15.8. The van der Waals surface area contributed by atoms with Gasteiger partial charge in [0.1, 0.15) is 6.54 Å². The van der Waals surface area contributed by atoms with Gasteiger partial charge in [0.25, 0.3) is 10.0 Å². The van der Waals surface area contributed by atoms with Crippen molar-refractivity contribution >= 4 is 44.8 Å². The normalized spacial score (nSPS) is 12.5. The molecule has 0 heterocycles. The fraction of sp³-hybridized carbons (Fsp3) is 0.316. The van der Waals surface area contributed by atoms with Crippen LogP contribution in [0.3, 0.4) is 0 Å². The van der Waals surface area contributed by atoms with Crippen molar-refractivity contribution in [3.8, 4) is 0 Å². The van der Waals surface area contributed by atoms with Crippen molar-refractivity contribution in [2.24, 2.45) is 0 Å². The van der Waals surface area contributed by atoms with Crippen molar-refractivity contribution in [3.63, 3.8) is 0 Å². The van der Waals surface area contributed by atoms with Gasteiger partial charge >= 0.3 is 0 Å². The van der Waals surface area contributed by atoms with E-state index in [-0.39, 0.29) is 26.7 Å². The quantitative estimate of drug-likeness (QED) is 0.673. The highest BCUT2D eigenvalue weighted by atomic mass is 35.5. The van der Waals surface area contributed by atoms with E-state index in [9.17, 15) is 13.2 Å². The molecule has 0 fully saturated rings. The smallest absolute Gasteiger partial charge is 0.264 e. The van der Waals surface area contributed by atoms with E-state index in [1.165, 1.54) is 25.3 Å². The number of benzene rings is 2.